The summed E-state index contributed by atoms with van der Waals surface area (Å²) < 4.78 is 5.34. The second-order valence-electron chi connectivity index (χ2n) is 6.08. The quantitative estimate of drug-likeness (QED) is 0.480. The molecule has 0 radical (unpaired) electrons. The zero-order valence-corrected chi connectivity index (χ0v) is 17.5. The van der Waals surface area contributed by atoms with E-state index < -0.39 is 0 Å². The maximum Gasteiger partial charge on any atom is 0.194 e. The van der Waals surface area contributed by atoms with Crippen LogP contribution in [0.2, 0.25) is 0 Å². The van der Waals surface area contributed by atoms with Gasteiger partial charge in [-0.05, 0) is 33.4 Å². The Morgan fingerprint density at radius 2 is 2.12 bits per heavy atom. The van der Waals surface area contributed by atoms with Gasteiger partial charge in [-0.15, -0.1) is 11.3 Å². The van der Waals surface area contributed by atoms with Crippen LogP contribution in [0.4, 0.5) is 0 Å². The van der Waals surface area contributed by atoms with Crippen molar-refractivity contribution >= 4 is 17.3 Å². The highest BCUT2D eigenvalue weighted by Gasteiger charge is 2.12. The number of nitrogens with zero attached hydrogens (tertiary/aromatic N) is 4. The molecule has 7 heteroatoms. The molecule has 1 aromatic rings. The molecule has 1 atom stereocenters. The van der Waals surface area contributed by atoms with Crippen LogP contribution < -0.4 is 5.32 Å². The summed E-state index contributed by atoms with van der Waals surface area (Å²) in [6, 6.07) is 0. The average Bonchev–Trinajstić information content (AvgIpc) is 3.07. The molecule has 0 bridgehead atoms. The molecule has 1 heterocycles. The zero-order valence-electron chi connectivity index (χ0n) is 16.7. The minimum absolute atomic E-state index is 0.0459. The van der Waals surface area contributed by atoms with E-state index in [0.717, 1.165) is 55.9 Å². The summed E-state index contributed by atoms with van der Waals surface area (Å²) >= 11 is 1.65. The van der Waals surface area contributed by atoms with E-state index in [9.17, 15) is 0 Å². The van der Waals surface area contributed by atoms with E-state index in [2.05, 4.69) is 53.3 Å². The van der Waals surface area contributed by atoms with Gasteiger partial charge in [0.25, 0.3) is 0 Å². The SMILES string of the molecule is CCCN(CC)CCN=C(NCC)N(C)Cc1csc(C(C)OC)n1. The molecule has 1 unspecified atom stereocenters. The number of hydrogen-bond donors (Lipinski definition) is 1. The van der Waals surface area contributed by atoms with E-state index in [-0.39, 0.29) is 6.10 Å². The lowest BCUT2D eigenvalue weighted by atomic mass is 10.4. The van der Waals surface area contributed by atoms with Crippen LogP contribution in [0.25, 0.3) is 0 Å². The van der Waals surface area contributed by atoms with Crippen LogP contribution in [0, 0.1) is 0 Å². The minimum Gasteiger partial charge on any atom is -0.375 e. The molecule has 25 heavy (non-hydrogen) atoms. The number of aliphatic imine (C=N–C) groups is 1. The van der Waals surface area contributed by atoms with Crippen molar-refractivity contribution in [2.75, 3.05) is 46.9 Å². The third-order valence-electron chi connectivity index (χ3n) is 4.03. The maximum atomic E-state index is 5.34. The molecule has 0 saturated heterocycles. The van der Waals surface area contributed by atoms with Gasteiger partial charge in [0.15, 0.2) is 5.96 Å². The van der Waals surface area contributed by atoms with Gasteiger partial charge in [-0.25, -0.2) is 4.98 Å². The van der Waals surface area contributed by atoms with Crippen molar-refractivity contribution in [3.63, 3.8) is 0 Å². The highest BCUT2D eigenvalue weighted by atomic mass is 32.1. The number of methoxy groups -OCH3 is 1. The fraction of sp³-hybridized carbons (Fsp3) is 0.778. The van der Waals surface area contributed by atoms with Gasteiger partial charge in [0, 0.05) is 32.6 Å². The van der Waals surface area contributed by atoms with E-state index >= 15 is 0 Å². The lowest BCUT2D eigenvalue weighted by molar-refractivity contribution is 0.119. The summed E-state index contributed by atoms with van der Waals surface area (Å²) in [5, 5.41) is 6.50. The Hall–Kier alpha value is -1.18. The first-order valence-electron chi connectivity index (χ1n) is 9.24. The van der Waals surface area contributed by atoms with Crippen LogP contribution >= 0.6 is 11.3 Å². The van der Waals surface area contributed by atoms with Gasteiger partial charge in [0.05, 0.1) is 18.8 Å². The summed E-state index contributed by atoms with van der Waals surface area (Å²) in [5.74, 6) is 0.935. The van der Waals surface area contributed by atoms with Crippen LogP contribution in [0.3, 0.4) is 0 Å². The van der Waals surface area contributed by atoms with Crippen LogP contribution in [-0.4, -0.2) is 67.6 Å². The van der Waals surface area contributed by atoms with Crippen LogP contribution in [-0.2, 0) is 11.3 Å². The van der Waals surface area contributed by atoms with E-state index in [4.69, 9.17) is 9.73 Å². The Bertz CT molecular complexity index is 505. The number of guanidine groups is 1. The highest BCUT2D eigenvalue weighted by molar-refractivity contribution is 7.09. The summed E-state index contributed by atoms with van der Waals surface area (Å²) in [6.07, 6.45) is 1.23. The Balaban J connectivity index is 2.64. The van der Waals surface area contributed by atoms with Crippen molar-refractivity contribution < 1.29 is 4.74 Å². The average molecular weight is 370 g/mol. The first kappa shape index (κ1) is 21.9. The molecule has 0 aliphatic heterocycles. The molecular formula is C18H35N5OS. The van der Waals surface area contributed by atoms with Crippen molar-refractivity contribution in [1.82, 2.24) is 20.1 Å². The van der Waals surface area contributed by atoms with Crippen molar-refractivity contribution in [3.05, 3.63) is 16.1 Å². The number of thiazole rings is 1. The zero-order chi connectivity index (χ0) is 18.7. The van der Waals surface area contributed by atoms with Crippen molar-refractivity contribution in [1.29, 1.82) is 0 Å². The summed E-state index contributed by atoms with van der Waals surface area (Å²) in [6.45, 7) is 14.2. The molecule has 1 N–H and O–H groups in total. The van der Waals surface area contributed by atoms with Crippen molar-refractivity contribution in [3.8, 4) is 0 Å². The molecular weight excluding hydrogens is 334 g/mol. The molecule has 0 amide bonds. The number of likely N-dealkylation sites (N-methyl/N-ethyl adjacent to an activating group) is 1. The second-order valence-corrected chi connectivity index (χ2v) is 6.97. The van der Waals surface area contributed by atoms with Crippen molar-refractivity contribution in [2.24, 2.45) is 4.99 Å². The summed E-state index contributed by atoms with van der Waals surface area (Å²) in [5.41, 5.74) is 1.05. The maximum absolute atomic E-state index is 5.34. The molecule has 0 saturated carbocycles. The fourth-order valence-corrected chi connectivity index (χ4v) is 3.35. The molecule has 0 aromatic carbocycles. The number of hydrogen-bond acceptors (Lipinski definition) is 5. The molecule has 1 rings (SSSR count). The van der Waals surface area contributed by atoms with E-state index in [0.29, 0.717) is 0 Å². The van der Waals surface area contributed by atoms with Gasteiger partial charge in [0.2, 0.25) is 0 Å². The number of rotatable bonds is 11. The van der Waals surface area contributed by atoms with Gasteiger partial charge in [-0.3, -0.25) is 4.99 Å². The third-order valence-corrected chi connectivity index (χ3v) is 5.09. The van der Waals surface area contributed by atoms with Gasteiger partial charge < -0.3 is 19.9 Å². The smallest absolute Gasteiger partial charge is 0.194 e. The standard InChI is InChI=1S/C18H35N5OS/c1-7-11-23(9-3)12-10-20-18(19-8-2)22(5)13-16-14-25-17(21-16)15(4)24-6/h14-15H,7-13H2,1-6H3,(H,19,20). The summed E-state index contributed by atoms with van der Waals surface area (Å²) in [4.78, 5) is 14.0. The first-order chi connectivity index (χ1) is 12.0. The summed E-state index contributed by atoms with van der Waals surface area (Å²) in [7, 11) is 3.77. The lowest BCUT2D eigenvalue weighted by Gasteiger charge is -2.22. The van der Waals surface area contributed by atoms with Crippen LogP contribution in [0.15, 0.2) is 10.4 Å². The Morgan fingerprint density at radius 1 is 1.36 bits per heavy atom. The molecule has 0 spiro atoms. The molecule has 1 aromatic heterocycles. The van der Waals surface area contributed by atoms with Crippen molar-refractivity contribution in [2.45, 2.75) is 46.8 Å². The second kappa shape index (κ2) is 12.2. The first-order valence-corrected chi connectivity index (χ1v) is 10.1. The predicted octanol–water partition coefficient (Wildman–Crippen LogP) is 2.98. The van der Waals surface area contributed by atoms with Gasteiger partial charge in [-0.2, -0.15) is 0 Å². The molecule has 0 aliphatic rings. The number of aromatic nitrogens is 1. The third kappa shape index (κ3) is 7.71. The molecule has 6 nitrogen and oxygen atoms in total. The monoisotopic (exact) mass is 369 g/mol. The van der Waals surface area contributed by atoms with Gasteiger partial charge >= 0.3 is 0 Å². The lowest BCUT2D eigenvalue weighted by Crippen LogP contribution is -2.39. The fourth-order valence-electron chi connectivity index (χ4n) is 2.51. The Labute approximate surface area is 157 Å². The molecule has 144 valence electrons. The van der Waals surface area contributed by atoms with E-state index in [1.54, 1.807) is 18.4 Å². The van der Waals surface area contributed by atoms with Crippen LogP contribution in [0.1, 0.15) is 50.9 Å². The number of ether oxygens (including phenoxy) is 1. The largest absolute Gasteiger partial charge is 0.375 e. The van der Waals surface area contributed by atoms with Gasteiger partial charge in [0.1, 0.15) is 11.1 Å². The Kier molecular flexibility index (Phi) is 10.7. The normalized spacial score (nSPS) is 13.3. The molecule has 0 fully saturated rings. The highest BCUT2D eigenvalue weighted by Crippen LogP contribution is 2.20. The van der Waals surface area contributed by atoms with Gasteiger partial charge in [-0.1, -0.05) is 13.8 Å². The molecule has 0 aliphatic carbocycles. The van der Waals surface area contributed by atoms with E-state index in [1.165, 1.54) is 6.42 Å². The Morgan fingerprint density at radius 3 is 2.72 bits per heavy atom. The number of nitrogens with one attached hydrogen (secondary N) is 1. The van der Waals surface area contributed by atoms with Crippen LogP contribution in [0.5, 0.6) is 0 Å². The minimum atomic E-state index is 0.0459. The predicted molar refractivity (Wildman–Crippen MR) is 107 cm³/mol. The topological polar surface area (TPSA) is 53.0 Å². The van der Waals surface area contributed by atoms with E-state index in [1.807, 2.05) is 6.92 Å².